The molecule has 0 aliphatic carbocycles. The van der Waals surface area contributed by atoms with E-state index in [0.717, 1.165) is 69.2 Å². The molecule has 7 heteroatoms. The predicted molar refractivity (Wildman–Crippen MR) is 97.4 cm³/mol. The third-order valence-electron chi connectivity index (χ3n) is 5.23. The molecule has 26 heavy (non-hydrogen) atoms. The van der Waals surface area contributed by atoms with Crippen LogP contribution in [0.15, 0.2) is 30.5 Å². The van der Waals surface area contributed by atoms with Crippen molar-refractivity contribution in [2.24, 2.45) is 0 Å². The van der Waals surface area contributed by atoms with Crippen molar-refractivity contribution in [1.82, 2.24) is 15.1 Å². The number of hydrogen-bond donors (Lipinski definition) is 2. The Labute approximate surface area is 152 Å². The van der Waals surface area contributed by atoms with Crippen LogP contribution in [-0.4, -0.2) is 59.0 Å². The van der Waals surface area contributed by atoms with E-state index in [4.69, 9.17) is 4.74 Å². The lowest BCUT2D eigenvalue weighted by molar-refractivity contribution is 0.0341. The number of ether oxygens (including phenoxy) is 1. The van der Waals surface area contributed by atoms with Crippen molar-refractivity contribution >= 4 is 11.7 Å². The van der Waals surface area contributed by atoms with Gasteiger partial charge in [0, 0.05) is 32.4 Å². The molecule has 2 aliphatic rings. The van der Waals surface area contributed by atoms with E-state index in [1.165, 1.54) is 0 Å². The number of aromatic nitrogens is 2. The lowest BCUT2D eigenvalue weighted by atomic mass is 10.0. The minimum absolute atomic E-state index is 0.129. The van der Waals surface area contributed by atoms with Crippen LogP contribution in [-0.2, 0) is 11.3 Å². The Kier molecular flexibility index (Phi) is 4.90. The highest BCUT2D eigenvalue weighted by Gasteiger charge is 2.30. The van der Waals surface area contributed by atoms with E-state index in [0.29, 0.717) is 5.56 Å². The number of nitrogens with one attached hydrogen (secondary N) is 1. The van der Waals surface area contributed by atoms with E-state index < -0.39 is 5.97 Å². The molecular formula is C19H24N4O3. The SMILES string of the molecule is O=C(O)c1cc(CN2CCOCC2)ccc1N1CCCC1c1cc[nH]n1. The minimum Gasteiger partial charge on any atom is -0.478 e. The van der Waals surface area contributed by atoms with Crippen molar-refractivity contribution in [3.05, 3.63) is 47.3 Å². The average Bonchev–Trinajstić information content (AvgIpc) is 3.34. The summed E-state index contributed by atoms with van der Waals surface area (Å²) < 4.78 is 5.38. The maximum Gasteiger partial charge on any atom is 0.337 e. The number of aromatic carboxylic acids is 1. The van der Waals surface area contributed by atoms with E-state index in [1.54, 1.807) is 0 Å². The van der Waals surface area contributed by atoms with E-state index in [1.807, 2.05) is 24.4 Å². The zero-order valence-corrected chi connectivity index (χ0v) is 14.7. The second kappa shape index (κ2) is 7.47. The molecule has 1 aromatic carbocycles. The molecule has 0 spiro atoms. The number of carboxylic acid groups (broad SMARTS) is 1. The number of nitrogens with zero attached hydrogens (tertiary/aromatic N) is 3. The normalized spacial score (nSPS) is 21.2. The number of morpholine rings is 1. The third kappa shape index (κ3) is 3.45. The molecule has 0 amide bonds. The fourth-order valence-corrected chi connectivity index (χ4v) is 3.94. The number of aromatic amines is 1. The minimum atomic E-state index is -0.878. The Morgan fingerprint density at radius 3 is 2.85 bits per heavy atom. The van der Waals surface area contributed by atoms with E-state index in [2.05, 4.69) is 26.1 Å². The van der Waals surface area contributed by atoms with E-state index in [-0.39, 0.29) is 6.04 Å². The summed E-state index contributed by atoms with van der Waals surface area (Å²) in [5, 5.41) is 17.0. The van der Waals surface area contributed by atoms with Crippen LogP contribution in [0.25, 0.3) is 0 Å². The summed E-state index contributed by atoms with van der Waals surface area (Å²) in [7, 11) is 0. The van der Waals surface area contributed by atoms with Crippen molar-refractivity contribution in [3.63, 3.8) is 0 Å². The summed E-state index contributed by atoms with van der Waals surface area (Å²) >= 11 is 0. The van der Waals surface area contributed by atoms with Gasteiger partial charge >= 0.3 is 5.97 Å². The first-order chi connectivity index (χ1) is 12.7. The first-order valence-corrected chi connectivity index (χ1v) is 9.15. The van der Waals surface area contributed by atoms with Gasteiger partial charge in [0.05, 0.1) is 36.2 Å². The summed E-state index contributed by atoms with van der Waals surface area (Å²) in [6, 6.07) is 7.94. The maximum atomic E-state index is 11.9. The van der Waals surface area contributed by atoms with Gasteiger partial charge in [-0.2, -0.15) is 5.10 Å². The third-order valence-corrected chi connectivity index (χ3v) is 5.23. The van der Waals surface area contributed by atoms with Crippen LogP contribution in [0, 0.1) is 0 Å². The van der Waals surface area contributed by atoms with Crippen LogP contribution < -0.4 is 4.90 Å². The first-order valence-electron chi connectivity index (χ1n) is 9.15. The zero-order chi connectivity index (χ0) is 17.9. The lowest BCUT2D eigenvalue weighted by Gasteiger charge is -2.29. The van der Waals surface area contributed by atoms with Crippen LogP contribution >= 0.6 is 0 Å². The highest BCUT2D eigenvalue weighted by molar-refractivity contribution is 5.95. The van der Waals surface area contributed by atoms with Gasteiger partial charge in [-0.25, -0.2) is 4.79 Å². The molecule has 3 heterocycles. The molecule has 1 unspecified atom stereocenters. The van der Waals surface area contributed by atoms with Crippen molar-refractivity contribution < 1.29 is 14.6 Å². The Hall–Kier alpha value is -2.38. The van der Waals surface area contributed by atoms with Gasteiger partial charge < -0.3 is 14.7 Å². The number of anilines is 1. The van der Waals surface area contributed by atoms with Crippen molar-refractivity contribution in [1.29, 1.82) is 0 Å². The number of rotatable bonds is 5. The van der Waals surface area contributed by atoms with Crippen molar-refractivity contribution in [3.8, 4) is 0 Å². The van der Waals surface area contributed by atoms with Crippen molar-refractivity contribution in [2.75, 3.05) is 37.7 Å². The fourth-order valence-electron chi connectivity index (χ4n) is 3.94. The molecule has 1 aromatic heterocycles. The molecule has 1 atom stereocenters. The van der Waals surface area contributed by atoms with E-state index in [9.17, 15) is 9.90 Å². The van der Waals surface area contributed by atoms with Crippen LogP contribution in [0.4, 0.5) is 5.69 Å². The van der Waals surface area contributed by atoms with Gasteiger partial charge in [0.1, 0.15) is 0 Å². The van der Waals surface area contributed by atoms with E-state index >= 15 is 0 Å². The van der Waals surface area contributed by atoms with Crippen LogP contribution in [0.3, 0.4) is 0 Å². The molecule has 138 valence electrons. The smallest absolute Gasteiger partial charge is 0.337 e. The van der Waals surface area contributed by atoms with Crippen LogP contribution in [0.2, 0.25) is 0 Å². The van der Waals surface area contributed by atoms with Crippen molar-refractivity contribution in [2.45, 2.75) is 25.4 Å². The molecule has 2 fully saturated rings. The predicted octanol–water partition coefficient (Wildman–Crippen LogP) is 2.28. The fraction of sp³-hybridized carbons (Fsp3) is 0.474. The standard InChI is InChI=1S/C19H24N4O3/c24-19(25)15-12-14(13-22-8-10-26-11-9-22)3-4-17(15)23-7-1-2-18(23)16-5-6-20-21-16/h3-6,12,18H,1-2,7-11,13H2,(H,20,21)(H,24,25). The first kappa shape index (κ1) is 17.1. The number of H-pyrrole nitrogens is 1. The van der Waals surface area contributed by atoms with Gasteiger partial charge in [-0.15, -0.1) is 0 Å². The highest BCUT2D eigenvalue weighted by Crippen LogP contribution is 2.37. The Bertz CT molecular complexity index is 756. The van der Waals surface area contributed by atoms with Gasteiger partial charge in [0.15, 0.2) is 0 Å². The summed E-state index contributed by atoms with van der Waals surface area (Å²) in [6.07, 6.45) is 3.83. The molecular weight excluding hydrogens is 332 g/mol. The number of carboxylic acids is 1. The van der Waals surface area contributed by atoms with Gasteiger partial charge in [-0.3, -0.25) is 10.00 Å². The molecule has 0 saturated carbocycles. The van der Waals surface area contributed by atoms with Gasteiger partial charge in [0.25, 0.3) is 0 Å². The summed E-state index contributed by atoms with van der Waals surface area (Å²) in [5.74, 6) is -0.878. The van der Waals surface area contributed by atoms with Crippen LogP contribution in [0.1, 0.15) is 40.5 Å². The average molecular weight is 356 g/mol. The molecule has 4 rings (SSSR count). The van der Waals surface area contributed by atoms with Gasteiger partial charge in [0.2, 0.25) is 0 Å². The number of hydrogen-bond acceptors (Lipinski definition) is 5. The maximum absolute atomic E-state index is 11.9. The Balaban J connectivity index is 1.60. The number of carbonyl (C=O) groups is 1. The summed E-state index contributed by atoms with van der Waals surface area (Å²) in [6.45, 7) is 4.86. The second-order valence-electron chi connectivity index (χ2n) is 6.90. The Morgan fingerprint density at radius 1 is 1.27 bits per heavy atom. The molecule has 7 nitrogen and oxygen atoms in total. The molecule has 2 aliphatic heterocycles. The summed E-state index contributed by atoms with van der Waals surface area (Å²) in [5.41, 5.74) is 3.16. The van der Waals surface area contributed by atoms with Crippen LogP contribution in [0.5, 0.6) is 0 Å². The second-order valence-corrected chi connectivity index (χ2v) is 6.90. The Morgan fingerprint density at radius 2 is 2.12 bits per heavy atom. The quantitative estimate of drug-likeness (QED) is 0.855. The summed E-state index contributed by atoms with van der Waals surface area (Å²) in [4.78, 5) is 16.4. The zero-order valence-electron chi connectivity index (χ0n) is 14.7. The molecule has 0 bridgehead atoms. The van der Waals surface area contributed by atoms with Gasteiger partial charge in [-0.1, -0.05) is 6.07 Å². The molecule has 0 radical (unpaired) electrons. The largest absolute Gasteiger partial charge is 0.478 e. The monoisotopic (exact) mass is 356 g/mol. The number of benzene rings is 1. The topological polar surface area (TPSA) is 81.7 Å². The molecule has 2 saturated heterocycles. The molecule has 2 N–H and O–H groups in total. The van der Waals surface area contributed by atoms with Gasteiger partial charge in [-0.05, 0) is 36.6 Å². The molecule has 2 aromatic rings. The lowest BCUT2D eigenvalue weighted by Crippen LogP contribution is -2.35. The highest BCUT2D eigenvalue weighted by atomic mass is 16.5.